The molecule has 0 amide bonds. The van der Waals surface area contributed by atoms with E-state index in [-0.39, 0.29) is 0 Å². The van der Waals surface area contributed by atoms with E-state index in [1.807, 2.05) is 0 Å². The van der Waals surface area contributed by atoms with Gasteiger partial charge in [0.2, 0.25) is 0 Å². The number of methoxy groups -OCH3 is 1. The summed E-state index contributed by atoms with van der Waals surface area (Å²) in [5, 5.41) is 5.03. The van der Waals surface area contributed by atoms with Crippen LogP contribution < -0.4 is 4.90 Å². The molecule has 0 N–H and O–H groups in total. The molecule has 3 heterocycles. The SMILES string of the molecule is CCC1CCc2c(C)nc3c(-c4c(C)cc(C)cc4Br)c(C)nn3c2N1CCOC. The number of hydrogen-bond donors (Lipinski definition) is 0. The van der Waals surface area contributed by atoms with E-state index in [1.54, 1.807) is 7.11 Å². The molecule has 0 saturated heterocycles. The fourth-order valence-corrected chi connectivity index (χ4v) is 5.81. The Kier molecular flexibility index (Phi) is 5.90. The van der Waals surface area contributed by atoms with E-state index in [9.17, 15) is 0 Å². The van der Waals surface area contributed by atoms with Crippen molar-refractivity contribution in [2.45, 2.75) is 59.9 Å². The van der Waals surface area contributed by atoms with Gasteiger partial charge >= 0.3 is 0 Å². The molecule has 1 aliphatic heterocycles. The minimum absolute atomic E-state index is 0.499. The lowest BCUT2D eigenvalue weighted by atomic mass is 9.95. The summed E-state index contributed by atoms with van der Waals surface area (Å²) in [7, 11) is 1.77. The van der Waals surface area contributed by atoms with E-state index in [0.717, 1.165) is 52.9 Å². The van der Waals surface area contributed by atoms with Gasteiger partial charge in [0.25, 0.3) is 0 Å². The Morgan fingerprint density at radius 1 is 1.13 bits per heavy atom. The van der Waals surface area contributed by atoms with Crippen LogP contribution in [0.15, 0.2) is 16.6 Å². The van der Waals surface area contributed by atoms with Gasteiger partial charge in [-0.05, 0) is 64.2 Å². The van der Waals surface area contributed by atoms with Crippen molar-refractivity contribution in [3.63, 3.8) is 0 Å². The Bertz CT molecular complexity index is 1080. The number of halogens is 1. The van der Waals surface area contributed by atoms with Crippen molar-refractivity contribution in [1.29, 1.82) is 0 Å². The largest absolute Gasteiger partial charge is 0.383 e. The molecular weight excluding hydrogens is 440 g/mol. The number of fused-ring (bicyclic) bond motifs is 3. The number of hydrogen-bond acceptors (Lipinski definition) is 4. The molecule has 2 aromatic heterocycles. The molecule has 30 heavy (non-hydrogen) atoms. The van der Waals surface area contributed by atoms with Crippen LogP contribution in [0, 0.1) is 27.7 Å². The van der Waals surface area contributed by atoms with E-state index in [4.69, 9.17) is 14.8 Å². The fraction of sp³-hybridized carbons (Fsp3) is 0.500. The number of ether oxygens (including phenoxy) is 1. The Morgan fingerprint density at radius 3 is 2.57 bits per heavy atom. The molecule has 3 aromatic rings. The molecule has 1 atom stereocenters. The zero-order valence-electron chi connectivity index (χ0n) is 18.8. The fourth-order valence-electron chi connectivity index (χ4n) is 4.94. The summed E-state index contributed by atoms with van der Waals surface area (Å²) in [5.74, 6) is 1.20. The first-order chi connectivity index (χ1) is 14.4. The molecule has 6 heteroatoms. The molecule has 5 nitrogen and oxygen atoms in total. The average molecular weight is 471 g/mol. The molecule has 0 saturated carbocycles. The van der Waals surface area contributed by atoms with E-state index in [1.165, 1.54) is 28.1 Å². The van der Waals surface area contributed by atoms with Crippen molar-refractivity contribution in [2.24, 2.45) is 0 Å². The number of benzene rings is 1. The molecule has 160 valence electrons. The standard InChI is InChI=1S/C24H31BrN4O/c1-7-18-8-9-19-16(4)26-23-22(21-15(3)12-14(2)13-20(21)25)17(5)27-29(23)24(19)28(18)10-11-30-6/h12-13,18H,7-11H2,1-6H3. The van der Waals surface area contributed by atoms with E-state index in [0.29, 0.717) is 12.6 Å². The summed E-state index contributed by atoms with van der Waals surface area (Å²) in [6, 6.07) is 4.90. The van der Waals surface area contributed by atoms with Crippen molar-refractivity contribution in [2.75, 3.05) is 25.2 Å². The lowest BCUT2D eigenvalue weighted by Gasteiger charge is -2.38. The smallest absolute Gasteiger partial charge is 0.165 e. The van der Waals surface area contributed by atoms with Gasteiger partial charge in [-0.2, -0.15) is 9.61 Å². The highest BCUT2D eigenvalue weighted by atomic mass is 79.9. The van der Waals surface area contributed by atoms with Crippen LogP contribution in [0.1, 0.15) is 47.8 Å². The van der Waals surface area contributed by atoms with Gasteiger partial charge in [-0.1, -0.05) is 28.9 Å². The van der Waals surface area contributed by atoms with Gasteiger partial charge in [-0.15, -0.1) is 0 Å². The average Bonchev–Trinajstić information content (AvgIpc) is 3.01. The van der Waals surface area contributed by atoms with Crippen molar-refractivity contribution < 1.29 is 4.74 Å². The normalized spacial score (nSPS) is 16.4. The number of rotatable bonds is 5. The zero-order chi connectivity index (χ0) is 21.6. The monoisotopic (exact) mass is 470 g/mol. The highest BCUT2D eigenvalue weighted by Crippen LogP contribution is 2.40. The van der Waals surface area contributed by atoms with Crippen LogP contribution >= 0.6 is 15.9 Å². The van der Waals surface area contributed by atoms with Crippen LogP contribution in [0.3, 0.4) is 0 Å². The summed E-state index contributed by atoms with van der Waals surface area (Å²) in [4.78, 5) is 7.58. The van der Waals surface area contributed by atoms with Gasteiger partial charge in [0.15, 0.2) is 5.65 Å². The molecule has 0 fully saturated rings. The molecule has 1 unspecified atom stereocenters. The maximum atomic E-state index is 5.44. The van der Waals surface area contributed by atoms with Crippen LogP contribution in [0.2, 0.25) is 0 Å². The van der Waals surface area contributed by atoms with Crippen LogP contribution in [0.4, 0.5) is 5.82 Å². The van der Waals surface area contributed by atoms with Crippen LogP contribution in [-0.4, -0.2) is 40.9 Å². The molecule has 0 radical (unpaired) electrons. The first-order valence-corrected chi connectivity index (χ1v) is 11.6. The molecule has 1 aliphatic rings. The Labute approximate surface area is 187 Å². The maximum Gasteiger partial charge on any atom is 0.165 e. The lowest BCUT2D eigenvalue weighted by molar-refractivity contribution is 0.201. The van der Waals surface area contributed by atoms with E-state index in [2.05, 4.69) is 72.1 Å². The number of nitrogens with zero attached hydrogens (tertiary/aromatic N) is 4. The van der Waals surface area contributed by atoms with Crippen LogP contribution in [-0.2, 0) is 11.2 Å². The first kappa shape index (κ1) is 21.3. The maximum absolute atomic E-state index is 5.44. The summed E-state index contributed by atoms with van der Waals surface area (Å²) in [5.41, 5.74) is 9.16. The Hall–Kier alpha value is -1.92. The Morgan fingerprint density at radius 2 is 1.90 bits per heavy atom. The molecule has 0 spiro atoms. The van der Waals surface area contributed by atoms with Gasteiger partial charge < -0.3 is 9.64 Å². The predicted molar refractivity (Wildman–Crippen MR) is 127 cm³/mol. The van der Waals surface area contributed by atoms with Crippen LogP contribution in [0.5, 0.6) is 0 Å². The van der Waals surface area contributed by atoms with Gasteiger partial charge in [-0.25, -0.2) is 4.98 Å². The third-order valence-corrected chi connectivity index (χ3v) is 6.97. The first-order valence-electron chi connectivity index (χ1n) is 10.8. The lowest BCUT2D eigenvalue weighted by Crippen LogP contribution is -2.42. The zero-order valence-corrected chi connectivity index (χ0v) is 20.4. The highest BCUT2D eigenvalue weighted by molar-refractivity contribution is 9.10. The van der Waals surface area contributed by atoms with Crippen molar-refractivity contribution in [3.05, 3.63) is 44.7 Å². The van der Waals surface area contributed by atoms with Gasteiger partial charge in [0, 0.05) is 41.0 Å². The molecule has 4 rings (SSSR count). The van der Waals surface area contributed by atoms with Crippen molar-refractivity contribution in [3.8, 4) is 11.1 Å². The number of aromatic nitrogens is 3. The summed E-state index contributed by atoms with van der Waals surface area (Å²) < 4.78 is 8.63. The summed E-state index contributed by atoms with van der Waals surface area (Å²) in [6.45, 7) is 12.4. The highest BCUT2D eigenvalue weighted by Gasteiger charge is 2.31. The van der Waals surface area contributed by atoms with Gasteiger partial charge in [0.1, 0.15) is 5.82 Å². The molecule has 0 bridgehead atoms. The van der Waals surface area contributed by atoms with E-state index >= 15 is 0 Å². The second-order valence-corrected chi connectivity index (χ2v) is 9.28. The van der Waals surface area contributed by atoms with Crippen molar-refractivity contribution >= 4 is 27.4 Å². The second-order valence-electron chi connectivity index (χ2n) is 8.42. The molecule has 1 aromatic carbocycles. The molecule has 0 aliphatic carbocycles. The minimum Gasteiger partial charge on any atom is -0.383 e. The van der Waals surface area contributed by atoms with E-state index < -0.39 is 0 Å². The van der Waals surface area contributed by atoms with Crippen LogP contribution in [0.25, 0.3) is 16.8 Å². The van der Waals surface area contributed by atoms with Gasteiger partial charge in [0.05, 0.1) is 17.9 Å². The predicted octanol–water partition coefficient (Wildman–Crippen LogP) is 5.57. The quantitative estimate of drug-likeness (QED) is 0.488. The van der Waals surface area contributed by atoms with Gasteiger partial charge in [-0.3, -0.25) is 0 Å². The summed E-state index contributed by atoms with van der Waals surface area (Å²) >= 11 is 3.81. The number of aryl methyl sites for hydroxylation is 4. The van der Waals surface area contributed by atoms with Crippen molar-refractivity contribution in [1.82, 2.24) is 14.6 Å². The molecular formula is C24H31BrN4O. The minimum atomic E-state index is 0.499. The third-order valence-electron chi connectivity index (χ3n) is 6.35. The number of anilines is 1. The topological polar surface area (TPSA) is 42.7 Å². The Balaban J connectivity index is 2.01. The second kappa shape index (κ2) is 8.31. The third kappa shape index (κ3) is 3.44. The summed E-state index contributed by atoms with van der Waals surface area (Å²) in [6.07, 6.45) is 3.31.